The molecule has 0 radical (unpaired) electrons. The normalized spacial score (nSPS) is 15.9. The lowest BCUT2D eigenvalue weighted by Gasteiger charge is -2.43. The number of hydrogen-bond donors (Lipinski definition) is 4. The zero-order valence-electron chi connectivity index (χ0n) is 18.6. The molecule has 3 aromatic carbocycles. The van der Waals surface area contributed by atoms with Crippen LogP contribution in [0.4, 0.5) is 0 Å². The van der Waals surface area contributed by atoms with Crippen LogP contribution >= 0.6 is 0 Å². The number of hydrogen-bond acceptors (Lipinski definition) is 7. The first kappa shape index (κ1) is 25.9. The van der Waals surface area contributed by atoms with Gasteiger partial charge in [0.05, 0.1) is 11.0 Å². The predicted octanol–water partition coefficient (Wildman–Crippen LogP) is 1.63. The molecule has 8 nitrogen and oxygen atoms in total. The van der Waals surface area contributed by atoms with Crippen LogP contribution < -0.4 is 10.9 Å². The first-order valence-electron chi connectivity index (χ1n) is 10.5. The Bertz CT molecular complexity index is 1340. The highest BCUT2D eigenvalue weighted by atomic mass is 32.2. The van der Waals surface area contributed by atoms with Gasteiger partial charge in [-0.3, -0.25) is 0 Å². The summed E-state index contributed by atoms with van der Waals surface area (Å²) in [6.45, 7) is -0.461. The maximum atomic E-state index is 13.4. The first-order valence-corrected chi connectivity index (χ1v) is 13.9. The second-order valence-corrected chi connectivity index (χ2v) is 12.0. The summed E-state index contributed by atoms with van der Waals surface area (Å²) in [5.74, 6) is -1.40. The summed E-state index contributed by atoms with van der Waals surface area (Å²) < 4.78 is 48.5. The van der Waals surface area contributed by atoms with Gasteiger partial charge in [0.2, 0.25) is 10.0 Å². The molecule has 3 rings (SSSR count). The highest BCUT2D eigenvalue weighted by molar-refractivity contribution is 7.90. The minimum atomic E-state index is -4.63. The van der Waals surface area contributed by atoms with Crippen molar-refractivity contribution in [1.82, 2.24) is 0 Å². The van der Waals surface area contributed by atoms with E-state index in [1.54, 1.807) is 24.3 Å². The Morgan fingerprint density at radius 1 is 0.882 bits per heavy atom. The Hall–Kier alpha value is -2.76. The summed E-state index contributed by atoms with van der Waals surface area (Å²) in [6, 6.07) is 20.5. The van der Waals surface area contributed by atoms with Gasteiger partial charge in [-0.1, -0.05) is 60.7 Å². The summed E-state index contributed by atoms with van der Waals surface area (Å²) in [5, 5.41) is 27.7. The maximum absolute atomic E-state index is 13.4. The molecule has 10 heteroatoms. The molecule has 0 fully saturated rings. The molecule has 182 valence electrons. The van der Waals surface area contributed by atoms with Gasteiger partial charge in [0, 0.05) is 24.3 Å². The predicted molar refractivity (Wildman–Crippen MR) is 130 cm³/mol. The first-order chi connectivity index (χ1) is 15.9. The molecule has 0 aromatic heterocycles. The number of aliphatic hydroxyl groups excluding tert-OH is 1. The lowest BCUT2D eigenvalue weighted by molar-refractivity contribution is 0.112. The molecule has 3 unspecified atom stereocenters. The van der Waals surface area contributed by atoms with Gasteiger partial charge in [0.1, 0.15) is 10.5 Å². The molecule has 6 N–H and O–H groups in total. The smallest absolute Gasteiger partial charge is 0.222 e. The van der Waals surface area contributed by atoms with Crippen molar-refractivity contribution in [1.29, 1.82) is 0 Å². The van der Waals surface area contributed by atoms with E-state index < -0.39 is 43.2 Å². The standard InChI is InChI=1S/C24H28N2O6S2/c1-33(29,30)19-13-11-18(12-14-19)21(15-17-7-3-2-4-8-17)24(23(28)16-25,34(26,31)32)20-9-5-6-10-22(20)27/h2-14,21,23,27-28H,15-16,25H2,1H3,(H2,26,31,32). The third-order valence-electron chi connectivity index (χ3n) is 6.03. The van der Waals surface area contributed by atoms with Gasteiger partial charge in [-0.2, -0.15) is 0 Å². The van der Waals surface area contributed by atoms with Crippen molar-refractivity contribution in [2.75, 3.05) is 12.8 Å². The van der Waals surface area contributed by atoms with E-state index in [1.165, 1.54) is 48.5 Å². The van der Waals surface area contributed by atoms with Gasteiger partial charge in [-0.25, -0.2) is 22.0 Å². The lowest BCUT2D eigenvalue weighted by atomic mass is 9.73. The number of aliphatic hydroxyl groups is 1. The Morgan fingerprint density at radius 2 is 1.44 bits per heavy atom. The number of rotatable bonds is 9. The van der Waals surface area contributed by atoms with Crippen LogP contribution in [0.3, 0.4) is 0 Å². The fraction of sp³-hybridized carbons (Fsp3) is 0.250. The second-order valence-electron chi connectivity index (χ2n) is 8.19. The van der Waals surface area contributed by atoms with E-state index in [0.717, 1.165) is 11.8 Å². The van der Waals surface area contributed by atoms with Crippen LogP contribution in [0.5, 0.6) is 5.75 Å². The van der Waals surface area contributed by atoms with Gasteiger partial charge < -0.3 is 15.9 Å². The van der Waals surface area contributed by atoms with E-state index in [9.17, 15) is 27.0 Å². The fourth-order valence-electron chi connectivity index (χ4n) is 4.43. The number of sulfonamides is 1. The maximum Gasteiger partial charge on any atom is 0.222 e. The lowest BCUT2D eigenvalue weighted by Crippen LogP contribution is -2.56. The third-order valence-corrected chi connectivity index (χ3v) is 8.87. The van der Waals surface area contributed by atoms with E-state index in [-0.39, 0.29) is 22.6 Å². The van der Waals surface area contributed by atoms with E-state index in [0.29, 0.717) is 5.56 Å². The number of primary sulfonamides is 1. The molecule has 0 bridgehead atoms. The van der Waals surface area contributed by atoms with Crippen LogP contribution in [0.1, 0.15) is 22.6 Å². The number of sulfone groups is 1. The molecule has 0 amide bonds. The van der Waals surface area contributed by atoms with Gasteiger partial charge >= 0.3 is 0 Å². The Labute approximate surface area is 199 Å². The molecule has 34 heavy (non-hydrogen) atoms. The van der Waals surface area contributed by atoms with Crippen molar-refractivity contribution < 1.29 is 27.0 Å². The van der Waals surface area contributed by atoms with Crippen molar-refractivity contribution in [2.24, 2.45) is 10.9 Å². The summed E-state index contributed by atoms with van der Waals surface area (Å²) in [7, 11) is -8.13. The molecule has 0 spiro atoms. The summed E-state index contributed by atoms with van der Waals surface area (Å²) in [4.78, 5) is 0.0536. The van der Waals surface area contributed by atoms with E-state index in [2.05, 4.69) is 0 Å². The van der Waals surface area contributed by atoms with Crippen molar-refractivity contribution in [3.8, 4) is 5.75 Å². The quantitative estimate of drug-likeness (QED) is 0.344. The van der Waals surface area contributed by atoms with Crippen molar-refractivity contribution in [3.63, 3.8) is 0 Å². The molecule has 0 aliphatic heterocycles. The van der Waals surface area contributed by atoms with Crippen molar-refractivity contribution >= 4 is 19.9 Å². The third kappa shape index (κ3) is 4.86. The van der Waals surface area contributed by atoms with Crippen molar-refractivity contribution in [2.45, 2.75) is 28.1 Å². The molecule has 3 aromatic rings. The van der Waals surface area contributed by atoms with Gasteiger partial charge in [0.15, 0.2) is 9.84 Å². The number of benzene rings is 3. The summed E-state index contributed by atoms with van der Waals surface area (Å²) in [6.07, 6.45) is -0.529. The highest BCUT2D eigenvalue weighted by Gasteiger charge is 2.56. The largest absolute Gasteiger partial charge is 0.508 e. The average molecular weight is 505 g/mol. The Kier molecular flexibility index (Phi) is 7.49. The van der Waals surface area contributed by atoms with Gasteiger partial charge in [-0.05, 0) is 35.7 Å². The van der Waals surface area contributed by atoms with E-state index in [1.807, 2.05) is 6.07 Å². The highest BCUT2D eigenvalue weighted by Crippen LogP contribution is 2.49. The minimum absolute atomic E-state index is 0.0536. The molecular formula is C24H28N2O6S2. The second kappa shape index (κ2) is 9.85. The van der Waals surface area contributed by atoms with E-state index >= 15 is 0 Å². The molecule has 0 saturated heterocycles. The zero-order chi connectivity index (χ0) is 25.1. The minimum Gasteiger partial charge on any atom is -0.508 e. The Balaban J connectivity index is 2.39. The number of phenols is 1. The molecule has 0 heterocycles. The van der Waals surface area contributed by atoms with E-state index in [4.69, 9.17) is 10.9 Å². The molecule has 0 aliphatic carbocycles. The zero-order valence-corrected chi connectivity index (χ0v) is 20.2. The average Bonchev–Trinajstić information content (AvgIpc) is 2.79. The van der Waals surface area contributed by atoms with Crippen molar-refractivity contribution in [3.05, 3.63) is 95.6 Å². The van der Waals surface area contributed by atoms with Crippen LogP contribution in [0.2, 0.25) is 0 Å². The molecule has 3 atom stereocenters. The molecule has 0 saturated carbocycles. The Morgan fingerprint density at radius 3 is 1.94 bits per heavy atom. The van der Waals surface area contributed by atoms with Crippen LogP contribution in [0.25, 0.3) is 0 Å². The summed E-state index contributed by atoms with van der Waals surface area (Å²) in [5.41, 5.74) is 6.85. The molecule has 0 aliphatic rings. The monoisotopic (exact) mass is 504 g/mol. The van der Waals surface area contributed by atoms with Gasteiger partial charge in [-0.15, -0.1) is 0 Å². The van der Waals surface area contributed by atoms with Crippen LogP contribution in [-0.2, 0) is 31.0 Å². The number of aromatic hydroxyl groups is 1. The van der Waals surface area contributed by atoms with Crippen LogP contribution in [0, 0.1) is 0 Å². The molecular weight excluding hydrogens is 476 g/mol. The fourth-order valence-corrected chi connectivity index (χ4v) is 6.63. The number of nitrogens with two attached hydrogens (primary N) is 2. The van der Waals surface area contributed by atoms with Crippen LogP contribution in [0.15, 0.2) is 83.8 Å². The van der Waals surface area contributed by atoms with Crippen LogP contribution in [-0.4, -0.2) is 46.0 Å². The summed E-state index contributed by atoms with van der Waals surface area (Å²) >= 11 is 0. The number of para-hydroxylation sites is 1. The number of phenolic OH excluding ortho intramolecular Hbond substituents is 1. The topological polar surface area (TPSA) is 161 Å². The van der Waals surface area contributed by atoms with Gasteiger partial charge in [0.25, 0.3) is 0 Å². The SMILES string of the molecule is CS(=O)(=O)c1ccc(C(Cc2ccccc2)C(c2ccccc2O)(C(O)CN)S(N)(=O)=O)cc1.